The number of aromatic nitrogens is 2. The van der Waals surface area contributed by atoms with E-state index in [0.29, 0.717) is 0 Å². The summed E-state index contributed by atoms with van der Waals surface area (Å²) < 4.78 is 2.15. The summed E-state index contributed by atoms with van der Waals surface area (Å²) >= 11 is 0. The van der Waals surface area contributed by atoms with Crippen molar-refractivity contribution in [2.45, 2.75) is 27.2 Å². The zero-order valence-corrected chi connectivity index (χ0v) is 9.26. The SMILES string of the molecule is CCc1cc(C)cc2c1nc(C)n2C. The second kappa shape index (κ2) is 3.12. The Morgan fingerprint density at radius 2 is 2.00 bits per heavy atom. The molecule has 0 N–H and O–H groups in total. The van der Waals surface area contributed by atoms with Gasteiger partial charge in [0.05, 0.1) is 11.0 Å². The Labute approximate surface area is 84.6 Å². The first-order valence-corrected chi connectivity index (χ1v) is 5.06. The molecular formula is C12H16N2. The zero-order valence-electron chi connectivity index (χ0n) is 9.26. The fourth-order valence-electron chi connectivity index (χ4n) is 1.90. The van der Waals surface area contributed by atoms with Crippen LogP contribution in [-0.2, 0) is 13.5 Å². The Hall–Kier alpha value is -1.31. The van der Waals surface area contributed by atoms with Crippen LogP contribution in [0.15, 0.2) is 12.1 Å². The van der Waals surface area contributed by atoms with Gasteiger partial charge in [0.25, 0.3) is 0 Å². The number of benzene rings is 1. The summed E-state index contributed by atoms with van der Waals surface area (Å²) in [5, 5.41) is 0. The molecule has 2 heteroatoms. The third-order valence-corrected chi connectivity index (χ3v) is 2.81. The standard InChI is InChI=1S/C12H16N2/c1-5-10-6-8(2)7-11-12(10)13-9(3)14(11)4/h6-7H,5H2,1-4H3. The topological polar surface area (TPSA) is 17.8 Å². The molecule has 0 saturated carbocycles. The molecular weight excluding hydrogens is 172 g/mol. The lowest BCUT2D eigenvalue weighted by molar-refractivity contribution is 0.885. The molecule has 0 radical (unpaired) electrons. The van der Waals surface area contributed by atoms with E-state index in [9.17, 15) is 0 Å². The van der Waals surface area contributed by atoms with E-state index in [1.54, 1.807) is 0 Å². The lowest BCUT2D eigenvalue weighted by Crippen LogP contribution is -1.91. The van der Waals surface area contributed by atoms with Crippen molar-refractivity contribution in [3.8, 4) is 0 Å². The van der Waals surface area contributed by atoms with Gasteiger partial charge in [-0.25, -0.2) is 4.98 Å². The average molecular weight is 188 g/mol. The van der Waals surface area contributed by atoms with Gasteiger partial charge in [0, 0.05) is 7.05 Å². The Balaban J connectivity index is 2.87. The van der Waals surface area contributed by atoms with Gasteiger partial charge in [-0.15, -0.1) is 0 Å². The molecule has 1 aromatic heterocycles. The molecule has 0 atom stereocenters. The van der Waals surface area contributed by atoms with Crippen molar-refractivity contribution in [2.24, 2.45) is 7.05 Å². The molecule has 2 aromatic rings. The van der Waals surface area contributed by atoms with Crippen molar-refractivity contribution >= 4 is 11.0 Å². The van der Waals surface area contributed by atoms with Crippen LogP contribution >= 0.6 is 0 Å². The molecule has 0 spiro atoms. The molecule has 0 fully saturated rings. The van der Waals surface area contributed by atoms with Gasteiger partial charge in [-0.2, -0.15) is 0 Å². The average Bonchev–Trinajstić information content (AvgIpc) is 2.43. The highest BCUT2D eigenvalue weighted by Crippen LogP contribution is 2.21. The van der Waals surface area contributed by atoms with E-state index >= 15 is 0 Å². The maximum atomic E-state index is 4.59. The van der Waals surface area contributed by atoms with Crippen LogP contribution in [-0.4, -0.2) is 9.55 Å². The summed E-state index contributed by atoms with van der Waals surface area (Å²) in [5.41, 5.74) is 5.08. The smallest absolute Gasteiger partial charge is 0.106 e. The molecule has 0 unspecified atom stereocenters. The molecule has 2 nitrogen and oxygen atoms in total. The van der Waals surface area contributed by atoms with Gasteiger partial charge >= 0.3 is 0 Å². The summed E-state index contributed by atoms with van der Waals surface area (Å²) in [6.07, 6.45) is 1.05. The zero-order chi connectivity index (χ0) is 10.3. The van der Waals surface area contributed by atoms with Crippen molar-refractivity contribution in [3.63, 3.8) is 0 Å². The Bertz CT molecular complexity index is 481. The minimum atomic E-state index is 1.05. The lowest BCUT2D eigenvalue weighted by atomic mass is 10.1. The van der Waals surface area contributed by atoms with Crippen LogP contribution in [0.1, 0.15) is 23.9 Å². The van der Waals surface area contributed by atoms with Gasteiger partial charge < -0.3 is 4.57 Å². The molecule has 0 amide bonds. The summed E-state index contributed by atoms with van der Waals surface area (Å²) in [7, 11) is 2.07. The van der Waals surface area contributed by atoms with Gasteiger partial charge in [0.2, 0.25) is 0 Å². The lowest BCUT2D eigenvalue weighted by Gasteiger charge is -2.02. The highest BCUT2D eigenvalue weighted by atomic mass is 15.0. The van der Waals surface area contributed by atoms with Gasteiger partial charge in [0.1, 0.15) is 5.82 Å². The van der Waals surface area contributed by atoms with Crippen LogP contribution < -0.4 is 0 Å². The van der Waals surface area contributed by atoms with E-state index in [1.165, 1.54) is 16.6 Å². The Kier molecular flexibility index (Phi) is 2.06. The molecule has 74 valence electrons. The van der Waals surface area contributed by atoms with Crippen molar-refractivity contribution in [3.05, 3.63) is 29.1 Å². The number of fused-ring (bicyclic) bond motifs is 1. The Morgan fingerprint density at radius 3 is 2.64 bits per heavy atom. The molecule has 2 rings (SSSR count). The first-order valence-electron chi connectivity index (χ1n) is 5.06. The van der Waals surface area contributed by atoms with Crippen LogP contribution in [0.5, 0.6) is 0 Å². The van der Waals surface area contributed by atoms with Crippen molar-refractivity contribution in [2.75, 3.05) is 0 Å². The predicted molar refractivity (Wildman–Crippen MR) is 59.6 cm³/mol. The first-order chi connectivity index (χ1) is 6.63. The highest BCUT2D eigenvalue weighted by Gasteiger charge is 2.07. The third-order valence-electron chi connectivity index (χ3n) is 2.81. The van der Waals surface area contributed by atoms with Crippen LogP contribution in [0.3, 0.4) is 0 Å². The molecule has 0 aliphatic heterocycles. The summed E-state index contributed by atoms with van der Waals surface area (Å²) in [6.45, 7) is 6.37. The highest BCUT2D eigenvalue weighted by molar-refractivity contribution is 5.80. The summed E-state index contributed by atoms with van der Waals surface area (Å²) in [5.74, 6) is 1.08. The monoisotopic (exact) mass is 188 g/mol. The quantitative estimate of drug-likeness (QED) is 0.673. The summed E-state index contributed by atoms with van der Waals surface area (Å²) in [6, 6.07) is 4.43. The number of rotatable bonds is 1. The third kappa shape index (κ3) is 1.22. The normalized spacial score (nSPS) is 11.1. The van der Waals surface area contributed by atoms with Crippen LogP contribution in [0, 0.1) is 13.8 Å². The molecule has 0 aliphatic carbocycles. The molecule has 14 heavy (non-hydrogen) atoms. The van der Waals surface area contributed by atoms with E-state index in [0.717, 1.165) is 17.8 Å². The summed E-state index contributed by atoms with van der Waals surface area (Å²) in [4.78, 5) is 4.59. The number of hydrogen-bond acceptors (Lipinski definition) is 1. The maximum absolute atomic E-state index is 4.59. The van der Waals surface area contributed by atoms with E-state index < -0.39 is 0 Å². The fourth-order valence-corrected chi connectivity index (χ4v) is 1.90. The Morgan fingerprint density at radius 1 is 1.29 bits per heavy atom. The number of imidazole rings is 1. The van der Waals surface area contributed by atoms with Gasteiger partial charge in [-0.3, -0.25) is 0 Å². The number of nitrogens with zero attached hydrogens (tertiary/aromatic N) is 2. The molecule has 1 aromatic carbocycles. The minimum absolute atomic E-state index is 1.05. The maximum Gasteiger partial charge on any atom is 0.106 e. The molecule has 0 saturated heterocycles. The van der Waals surface area contributed by atoms with E-state index in [4.69, 9.17) is 0 Å². The van der Waals surface area contributed by atoms with Crippen LogP contribution in [0.25, 0.3) is 11.0 Å². The fraction of sp³-hybridized carbons (Fsp3) is 0.417. The van der Waals surface area contributed by atoms with Crippen LogP contribution in [0.4, 0.5) is 0 Å². The number of aryl methyl sites for hydroxylation is 4. The first kappa shape index (κ1) is 9.25. The second-order valence-electron chi connectivity index (χ2n) is 3.86. The van der Waals surface area contributed by atoms with Gasteiger partial charge in [-0.05, 0) is 37.5 Å². The second-order valence-corrected chi connectivity index (χ2v) is 3.86. The van der Waals surface area contributed by atoms with Gasteiger partial charge in [0.15, 0.2) is 0 Å². The molecule has 0 bridgehead atoms. The van der Waals surface area contributed by atoms with Gasteiger partial charge in [-0.1, -0.05) is 13.0 Å². The predicted octanol–water partition coefficient (Wildman–Crippen LogP) is 2.75. The van der Waals surface area contributed by atoms with E-state index in [-0.39, 0.29) is 0 Å². The van der Waals surface area contributed by atoms with Crippen molar-refractivity contribution < 1.29 is 0 Å². The molecule has 0 aliphatic rings. The largest absolute Gasteiger partial charge is 0.331 e. The minimum Gasteiger partial charge on any atom is -0.331 e. The van der Waals surface area contributed by atoms with Crippen molar-refractivity contribution in [1.29, 1.82) is 0 Å². The van der Waals surface area contributed by atoms with Crippen LogP contribution in [0.2, 0.25) is 0 Å². The van der Waals surface area contributed by atoms with E-state index in [2.05, 4.69) is 49.5 Å². The number of hydrogen-bond donors (Lipinski definition) is 0. The molecule has 1 heterocycles. The van der Waals surface area contributed by atoms with E-state index in [1.807, 2.05) is 0 Å². The van der Waals surface area contributed by atoms with Crippen molar-refractivity contribution in [1.82, 2.24) is 9.55 Å².